The van der Waals surface area contributed by atoms with Crippen LogP contribution in [0.5, 0.6) is 5.75 Å². The van der Waals surface area contributed by atoms with Gasteiger partial charge in [0.25, 0.3) is 5.91 Å². The van der Waals surface area contributed by atoms with Crippen LogP contribution < -0.4 is 10.1 Å². The van der Waals surface area contributed by atoms with Gasteiger partial charge in [-0.2, -0.15) is 0 Å². The zero-order chi connectivity index (χ0) is 15.7. The molecule has 22 heavy (non-hydrogen) atoms. The number of aryl methyl sites for hydroxylation is 2. The van der Waals surface area contributed by atoms with Crippen LogP contribution in [0.2, 0.25) is 0 Å². The summed E-state index contributed by atoms with van der Waals surface area (Å²) in [6.07, 6.45) is 1.72. The lowest BCUT2D eigenvalue weighted by Gasteiger charge is -2.07. The Kier molecular flexibility index (Phi) is 3.59. The van der Waals surface area contributed by atoms with E-state index < -0.39 is 0 Å². The first kappa shape index (κ1) is 14.2. The Balaban J connectivity index is 1.93. The van der Waals surface area contributed by atoms with E-state index in [-0.39, 0.29) is 5.91 Å². The molecule has 0 saturated heterocycles. The molecule has 0 unspecified atom stereocenters. The van der Waals surface area contributed by atoms with Crippen LogP contribution in [0.25, 0.3) is 10.9 Å². The van der Waals surface area contributed by atoms with Crippen molar-refractivity contribution in [3.63, 3.8) is 0 Å². The van der Waals surface area contributed by atoms with Crippen LogP contribution in [0.1, 0.15) is 21.5 Å². The highest BCUT2D eigenvalue weighted by molar-refractivity contribution is 6.13. The average Bonchev–Trinajstić information content (AvgIpc) is 2.94. The molecule has 3 aromatic rings. The predicted molar refractivity (Wildman–Crippen MR) is 88.7 cm³/mol. The van der Waals surface area contributed by atoms with Crippen LogP contribution in [0, 0.1) is 13.8 Å². The monoisotopic (exact) mass is 294 g/mol. The topological polar surface area (TPSA) is 54.1 Å². The summed E-state index contributed by atoms with van der Waals surface area (Å²) in [4.78, 5) is 15.6. The number of amides is 1. The number of aromatic amines is 1. The van der Waals surface area contributed by atoms with E-state index in [9.17, 15) is 4.79 Å². The summed E-state index contributed by atoms with van der Waals surface area (Å²) >= 11 is 0. The van der Waals surface area contributed by atoms with Gasteiger partial charge >= 0.3 is 0 Å². The molecular formula is C18H18N2O2. The molecule has 0 aliphatic heterocycles. The second-order valence-electron chi connectivity index (χ2n) is 5.37. The Morgan fingerprint density at radius 1 is 1.09 bits per heavy atom. The van der Waals surface area contributed by atoms with Crippen LogP contribution in [-0.2, 0) is 0 Å². The van der Waals surface area contributed by atoms with Crippen LogP contribution in [0.4, 0.5) is 5.69 Å². The first-order valence-corrected chi connectivity index (χ1v) is 7.12. The van der Waals surface area contributed by atoms with E-state index in [0.29, 0.717) is 5.56 Å². The number of methoxy groups -OCH3 is 1. The normalized spacial score (nSPS) is 10.7. The van der Waals surface area contributed by atoms with Gasteiger partial charge < -0.3 is 15.0 Å². The summed E-state index contributed by atoms with van der Waals surface area (Å²) < 4.78 is 5.23. The Morgan fingerprint density at radius 2 is 1.91 bits per heavy atom. The Hall–Kier alpha value is -2.75. The number of hydrogen-bond donors (Lipinski definition) is 2. The second kappa shape index (κ2) is 5.56. The molecule has 0 atom stereocenters. The minimum atomic E-state index is -0.136. The molecule has 4 heteroatoms. The highest BCUT2D eigenvalue weighted by atomic mass is 16.5. The van der Waals surface area contributed by atoms with Gasteiger partial charge in [0.15, 0.2) is 0 Å². The van der Waals surface area contributed by atoms with E-state index in [2.05, 4.69) is 10.3 Å². The lowest BCUT2D eigenvalue weighted by molar-refractivity contribution is 0.102. The lowest BCUT2D eigenvalue weighted by Crippen LogP contribution is -2.11. The van der Waals surface area contributed by atoms with Crippen LogP contribution in [-0.4, -0.2) is 18.0 Å². The van der Waals surface area contributed by atoms with Gasteiger partial charge in [0, 0.05) is 22.8 Å². The van der Waals surface area contributed by atoms with E-state index in [0.717, 1.165) is 27.9 Å². The van der Waals surface area contributed by atoms with E-state index in [1.54, 1.807) is 13.3 Å². The first-order chi connectivity index (χ1) is 10.6. The van der Waals surface area contributed by atoms with Crippen molar-refractivity contribution in [2.75, 3.05) is 12.4 Å². The van der Waals surface area contributed by atoms with Gasteiger partial charge in [-0.1, -0.05) is 6.07 Å². The van der Waals surface area contributed by atoms with Gasteiger partial charge in [-0.25, -0.2) is 0 Å². The van der Waals surface area contributed by atoms with Crippen molar-refractivity contribution >= 4 is 22.5 Å². The Bertz CT molecular complexity index is 849. The summed E-state index contributed by atoms with van der Waals surface area (Å²) in [5, 5.41) is 3.79. The maximum Gasteiger partial charge on any atom is 0.257 e. The number of hydrogen-bond acceptors (Lipinski definition) is 2. The maximum absolute atomic E-state index is 12.5. The number of carbonyl (C=O) groups is 1. The van der Waals surface area contributed by atoms with Gasteiger partial charge in [-0.15, -0.1) is 0 Å². The first-order valence-electron chi connectivity index (χ1n) is 7.12. The Morgan fingerprint density at radius 3 is 2.64 bits per heavy atom. The SMILES string of the molecule is COc1ccc2[nH]cc(C(=O)Nc3ccc(C)c(C)c3)c2c1. The number of nitrogens with one attached hydrogen (secondary N) is 2. The molecule has 0 bridgehead atoms. The predicted octanol–water partition coefficient (Wildman–Crippen LogP) is 4.05. The molecule has 2 aromatic carbocycles. The molecular weight excluding hydrogens is 276 g/mol. The minimum absolute atomic E-state index is 0.136. The van der Waals surface area contributed by atoms with Crippen LogP contribution >= 0.6 is 0 Å². The minimum Gasteiger partial charge on any atom is -0.497 e. The van der Waals surface area contributed by atoms with E-state index >= 15 is 0 Å². The maximum atomic E-state index is 12.5. The van der Waals surface area contributed by atoms with Crippen molar-refractivity contribution in [2.45, 2.75) is 13.8 Å². The number of ether oxygens (including phenoxy) is 1. The molecule has 0 aliphatic carbocycles. The fourth-order valence-corrected chi connectivity index (χ4v) is 2.43. The number of benzene rings is 2. The molecule has 0 aliphatic rings. The van der Waals surface area contributed by atoms with Crippen molar-refractivity contribution in [1.82, 2.24) is 4.98 Å². The van der Waals surface area contributed by atoms with Gasteiger partial charge in [0.2, 0.25) is 0 Å². The third-order valence-corrected chi connectivity index (χ3v) is 3.90. The number of carbonyl (C=O) groups excluding carboxylic acids is 1. The third kappa shape index (κ3) is 2.55. The van der Waals surface area contributed by atoms with E-state index in [1.165, 1.54) is 5.56 Å². The molecule has 4 nitrogen and oxygen atoms in total. The zero-order valence-corrected chi connectivity index (χ0v) is 12.9. The van der Waals surface area contributed by atoms with Gasteiger partial charge in [0.05, 0.1) is 12.7 Å². The molecule has 112 valence electrons. The van der Waals surface area contributed by atoms with Gasteiger partial charge in [0.1, 0.15) is 5.75 Å². The molecule has 1 amide bonds. The van der Waals surface area contributed by atoms with Gasteiger partial charge in [-0.05, 0) is 55.3 Å². The summed E-state index contributed by atoms with van der Waals surface area (Å²) in [5.41, 5.74) is 4.66. The smallest absolute Gasteiger partial charge is 0.257 e. The fourth-order valence-electron chi connectivity index (χ4n) is 2.43. The summed E-state index contributed by atoms with van der Waals surface area (Å²) in [6.45, 7) is 4.08. The molecule has 0 radical (unpaired) electrons. The van der Waals surface area contributed by atoms with E-state index in [1.807, 2.05) is 50.2 Å². The zero-order valence-electron chi connectivity index (χ0n) is 12.9. The van der Waals surface area contributed by atoms with Crippen molar-refractivity contribution < 1.29 is 9.53 Å². The highest BCUT2D eigenvalue weighted by Crippen LogP contribution is 2.24. The average molecular weight is 294 g/mol. The summed E-state index contributed by atoms with van der Waals surface area (Å²) in [6, 6.07) is 11.5. The summed E-state index contributed by atoms with van der Waals surface area (Å²) in [7, 11) is 1.61. The number of anilines is 1. The standard InChI is InChI=1S/C18H18N2O2/c1-11-4-5-13(8-12(11)2)20-18(21)16-10-19-17-7-6-14(22-3)9-15(16)17/h4-10,19H,1-3H3,(H,20,21). The van der Waals surface area contributed by atoms with Crippen molar-refractivity contribution in [2.24, 2.45) is 0 Å². The largest absolute Gasteiger partial charge is 0.497 e. The highest BCUT2D eigenvalue weighted by Gasteiger charge is 2.13. The molecule has 0 spiro atoms. The lowest BCUT2D eigenvalue weighted by atomic mass is 10.1. The third-order valence-electron chi connectivity index (χ3n) is 3.90. The van der Waals surface area contributed by atoms with Crippen LogP contribution in [0.3, 0.4) is 0 Å². The molecule has 1 aromatic heterocycles. The molecule has 2 N–H and O–H groups in total. The molecule has 3 rings (SSSR count). The van der Waals surface area contributed by atoms with Crippen LogP contribution in [0.15, 0.2) is 42.6 Å². The second-order valence-corrected chi connectivity index (χ2v) is 5.37. The quantitative estimate of drug-likeness (QED) is 0.765. The van der Waals surface area contributed by atoms with Gasteiger partial charge in [-0.3, -0.25) is 4.79 Å². The van der Waals surface area contributed by atoms with Crippen molar-refractivity contribution in [3.8, 4) is 5.75 Å². The molecule has 1 heterocycles. The number of aromatic nitrogens is 1. The summed E-state index contributed by atoms with van der Waals surface area (Å²) in [5.74, 6) is 0.593. The molecule has 0 saturated carbocycles. The number of H-pyrrole nitrogens is 1. The number of rotatable bonds is 3. The Labute approximate surface area is 129 Å². The molecule has 0 fully saturated rings. The van der Waals surface area contributed by atoms with E-state index in [4.69, 9.17) is 4.74 Å². The fraction of sp³-hybridized carbons (Fsp3) is 0.167. The van der Waals surface area contributed by atoms with Crippen molar-refractivity contribution in [3.05, 3.63) is 59.3 Å². The van der Waals surface area contributed by atoms with Crippen molar-refractivity contribution in [1.29, 1.82) is 0 Å². The number of fused-ring (bicyclic) bond motifs is 1.